The smallest absolute Gasteiger partial charge is 0.268 e. The molecule has 1 aromatic heterocycles. The van der Waals surface area contributed by atoms with Gasteiger partial charge < -0.3 is 4.90 Å². The van der Waals surface area contributed by atoms with E-state index < -0.39 is 0 Å². The molecule has 0 saturated carbocycles. The van der Waals surface area contributed by atoms with Crippen LogP contribution in [0.2, 0.25) is 0 Å². The first kappa shape index (κ1) is 13.1. The summed E-state index contributed by atoms with van der Waals surface area (Å²) < 4.78 is 1.29. The van der Waals surface area contributed by atoms with Crippen LogP contribution < -0.4 is 10.5 Å². The molecule has 17 heavy (non-hydrogen) atoms. The first-order valence-electron chi connectivity index (χ1n) is 5.55. The maximum Gasteiger partial charge on any atom is 0.268 e. The monoisotopic (exact) mass is 236 g/mol. The van der Waals surface area contributed by atoms with E-state index in [1.807, 2.05) is 18.7 Å². The minimum Gasteiger partial charge on any atom is -0.371 e. The van der Waals surface area contributed by atoms with Crippen molar-refractivity contribution in [3.63, 3.8) is 0 Å². The number of nitrogens with zero attached hydrogens (tertiary/aromatic N) is 6. The lowest BCUT2D eigenvalue weighted by Gasteiger charge is -2.20. The van der Waals surface area contributed by atoms with E-state index in [1.54, 1.807) is 12.3 Å². The van der Waals surface area contributed by atoms with Crippen molar-refractivity contribution in [2.45, 2.75) is 20.4 Å². The largest absolute Gasteiger partial charge is 0.371 e. The fourth-order valence-corrected chi connectivity index (χ4v) is 1.54. The van der Waals surface area contributed by atoms with Gasteiger partial charge in [0.05, 0.1) is 18.4 Å². The third-order valence-corrected chi connectivity index (χ3v) is 2.46. The molecule has 0 aliphatic heterocycles. The summed E-state index contributed by atoms with van der Waals surface area (Å²) in [5.41, 5.74) is 8.78. The molecular weight excluding hydrogens is 220 g/mol. The molecule has 7 nitrogen and oxygen atoms in total. The Bertz CT molecular complexity index is 458. The van der Waals surface area contributed by atoms with Crippen LogP contribution in [0.3, 0.4) is 0 Å². The first-order chi connectivity index (χ1) is 8.22. The summed E-state index contributed by atoms with van der Waals surface area (Å²) in [6.45, 7) is 6.25. The quantitative estimate of drug-likeness (QED) is 0.425. The zero-order valence-electron chi connectivity index (χ0n) is 10.1. The Morgan fingerprint density at radius 3 is 2.76 bits per heavy atom. The van der Waals surface area contributed by atoms with Crippen LogP contribution in [0.5, 0.6) is 0 Å². The maximum atomic E-state index is 11.7. The van der Waals surface area contributed by atoms with Gasteiger partial charge in [-0.15, -0.1) is 0 Å². The predicted octanol–water partition coefficient (Wildman–Crippen LogP) is 1.40. The summed E-state index contributed by atoms with van der Waals surface area (Å²) >= 11 is 0. The van der Waals surface area contributed by atoms with Gasteiger partial charge in [0.2, 0.25) is 0 Å². The summed E-state index contributed by atoms with van der Waals surface area (Å²) in [7, 11) is 0. The van der Waals surface area contributed by atoms with E-state index in [0.717, 1.165) is 18.8 Å². The van der Waals surface area contributed by atoms with Crippen molar-refractivity contribution in [1.82, 2.24) is 9.78 Å². The molecule has 0 fully saturated rings. The average Bonchev–Trinajstić information content (AvgIpc) is 2.33. The Hall–Kier alpha value is -2.01. The minimum absolute atomic E-state index is 0.178. The molecule has 1 aromatic rings. The minimum atomic E-state index is -0.178. The second-order valence-electron chi connectivity index (χ2n) is 3.40. The van der Waals surface area contributed by atoms with Crippen LogP contribution in [0.4, 0.5) is 5.69 Å². The molecule has 0 bridgehead atoms. The highest BCUT2D eigenvalue weighted by Crippen LogP contribution is 2.07. The molecule has 0 aliphatic carbocycles. The summed E-state index contributed by atoms with van der Waals surface area (Å²) in [4.78, 5) is 16.4. The van der Waals surface area contributed by atoms with Crippen LogP contribution in [0.15, 0.2) is 22.2 Å². The number of anilines is 1. The van der Waals surface area contributed by atoms with Crippen LogP contribution in [-0.4, -0.2) is 29.4 Å². The lowest BCUT2D eigenvalue weighted by Crippen LogP contribution is -2.28. The number of rotatable bonds is 6. The van der Waals surface area contributed by atoms with Gasteiger partial charge in [0, 0.05) is 30.6 Å². The van der Waals surface area contributed by atoms with Gasteiger partial charge in [0.1, 0.15) is 0 Å². The molecular formula is C10H16N6O. The van der Waals surface area contributed by atoms with Crippen molar-refractivity contribution < 1.29 is 0 Å². The third-order valence-electron chi connectivity index (χ3n) is 2.46. The van der Waals surface area contributed by atoms with E-state index in [1.165, 1.54) is 4.68 Å². The second-order valence-corrected chi connectivity index (χ2v) is 3.40. The van der Waals surface area contributed by atoms with Crippen molar-refractivity contribution >= 4 is 5.69 Å². The maximum absolute atomic E-state index is 11.7. The van der Waals surface area contributed by atoms with Crippen molar-refractivity contribution in [3.05, 3.63) is 33.1 Å². The number of hydrogen-bond acceptors (Lipinski definition) is 4. The lowest BCUT2D eigenvalue weighted by molar-refractivity contribution is 0.585. The molecule has 0 saturated heterocycles. The predicted molar refractivity (Wildman–Crippen MR) is 66.1 cm³/mol. The molecule has 0 unspecified atom stereocenters. The molecule has 0 radical (unpaired) electrons. The number of aromatic nitrogens is 2. The van der Waals surface area contributed by atoms with E-state index in [-0.39, 0.29) is 12.1 Å². The van der Waals surface area contributed by atoms with Gasteiger partial charge in [-0.1, -0.05) is 5.11 Å². The highest BCUT2D eigenvalue weighted by atomic mass is 16.1. The van der Waals surface area contributed by atoms with E-state index in [0.29, 0.717) is 6.54 Å². The average molecular weight is 236 g/mol. The van der Waals surface area contributed by atoms with E-state index in [9.17, 15) is 4.79 Å². The summed E-state index contributed by atoms with van der Waals surface area (Å²) in [5.74, 6) is 0. The van der Waals surface area contributed by atoms with E-state index in [2.05, 4.69) is 15.1 Å². The Kier molecular flexibility index (Phi) is 5.03. The van der Waals surface area contributed by atoms with Crippen molar-refractivity contribution in [2.75, 3.05) is 24.5 Å². The molecule has 0 aliphatic rings. The van der Waals surface area contributed by atoms with Gasteiger partial charge in [0.15, 0.2) is 0 Å². The standard InChI is InChI=1S/C10H16N6O/c1-3-15(4-2)9-7-10(17)16(13-8-9)6-5-12-14-11/h7-8H,3-6H2,1-2H3. The summed E-state index contributed by atoms with van der Waals surface area (Å²) in [6, 6.07) is 1.55. The number of azide groups is 1. The first-order valence-corrected chi connectivity index (χ1v) is 5.55. The summed E-state index contributed by atoms with van der Waals surface area (Å²) in [5, 5.41) is 7.41. The lowest BCUT2D eigenvalue weighted by atomic mass is 10.4. The molecule has 92 valence electrons. The normalized spacial score (nSPS) is 9.76. The summed E-state index contributed by atoms with van der Waals surface area (Å²) in [6.07, 6.45) is 1.66. The van der Waals surface area contributed by atoms with Gasteiger partial charge in [0.25, 0.3) is 5.56 Å². The van der Waals surface area contributed by atoms with E-state index >= 15 is 0 Å². The highest BCUT2D eigenvalue weighted by Gasteiger charge is 2.04. The van der Waals surface area contributed by atoms with Gasteiger partial charge >= 0.3 is 0 Å². The van der Waals surface area contributed by atoms with Crippen LogP contribution in [-0.2, 0) is 6.54 Å². The van der Waals surface area contributed by atoms with Crippen molar-refractivity contribution in [2.24, 2.45) is 5.11 Å². The Labute approximate surface area is 99.3 Å². The van der Waals surface area contributed by atoms with Crippen molar-refractivity contribution in [3.8, 4) is 0 Å². The molecule has 7 heteroatoms. The van der Waals surface area contributed by atoms with Crippen LogP contribution in [0.25, 0.3) is 10.4 Å². The molecule has 0 N–H and O–H groups in total. The molecule has 0 atom stereocenters. The van der Waals surface area contributed by atoms with Crippen molar-refractivity contribution in [1.29, 1.82) is 0 Å². The third kappa shape index (κ3) is 3.49. The molecule has 1 rings (SSSR count). The Morgan fingerprint density at radius 2 is 2.24 bits per heavy atom. The van der Waals surface area contributed by atoms with Gasteiger partial charge in [-0.05, 0) is 19.4 Å². The van der Waals surface area contributed by atoms with Gasteiger partial charge in [-0.25, -0.2) is 4.68 Å². The molecule has 1 heterocycles. The van der Waals surface area contributed by atoms with Crippen LogP contribution in [0.1, 0.15) is 13.8 Å². The zero-order valence-corrected chi connectivity index (χ0v) is 10.1. The van der Waals surface area contributed by atoms with E-state index in [4.69, 9.17) is 5.53 Å². The van der Waals surface area contributed by atoms with Crippen LogP contribution >= 0.6 is 0 Å². The highest BCUT2D eigenvalue weighted by molar-refractivity contribution is 5.42. The fraction of sp³-hybridized carbons (Fsp3) is 0.600. The molecule has 0 amide bonds. The topological polar surface area (TPSA) is 86.9 Å². The molecule has 0 spiro atoms. The molecule has 0 aromatic carbocycles. The fourth-order valence-electron chi connectivity index (χ4n) is 1.54. The SMILES string of the molecule is CCN(CC)c1cnn(CCN=[N+]=[N-])c(=O)c1. The Morgan fingerprint density at radius 1 is 1.53 bits per heavy atom. The number of hydrogen-bond donors (Lipinski definition) is 0. The zero-order chi connectivity index (χ0) is 12.7. The van der Waals surface area contributed by atoms with Crippen LogP contribution in [0, 0.1) is 0 Å². The Balaban J connectivity index is 2.85. The van der Waals surface area contributed by atoms with Gasteiger partial charge in [-0.2, -0.15) is 5.10 Å². The second kappa shape index (κ2) is 6.55. The van der Waals surface area contributed by atoms with Gasteiger partial charge in [-0.3, -0.25) is 4.79 Å².